The fourth-order valence-electron chi connectivity index (χ4n) is 0.654. The molecule has 0 bridgehead atoms. The standard InChI is InChI=1S/C6H6O4/c7-4-1-2-10-5(3-4)6(8)9/h1-2,5H,3H2,(H,8,9)/t5-/m0/s1. The summed E-state index contributed by atoms with van der Waals surface area (Å²) in [6.07, 6.45) is 1.29. The van der Waals surface area contributed by atoms with Gasteiger partial charge in [0.1, 0.15) is 0 Å². The molecular weight excluding hydrogens is 136 g/mol. The van der Waals surface area contributed by atoms with Crippen molar-refractivity contribution in [1.82, 2.24) is 0 Å². The molecule has 54 valence electrons. The first kappa shape index (κ1) is 6.80. The molecule has 4 heteroatoms. The predicted octanol–water partition coefficient (Wildman–Crippen LogP) is -0.0573. The monoisotopic (exact) mass is 142 g/mol. The largest absolute Gasteiger partial charge is 0.486 e. The number of hydrogen-bond acceptors (Lipinski definition) is 3. The lowest BCUT2D eigenvalue weighted by molar-refractivity contribution is -0.149. The molecule has 0 unspecified atom stereocenters. The Morgan fingerprint density at radius 2 is 2.50 bits per heavy atom. The van der Waals surface area contributed by atoms with E-state index in [9.17, 15) is 9.59 Å². The van der Waals surface area contributed by atoms with Crippen molar-refractivity contribution in [2.24, 2.45) is 0 Å². The Kier molecular flexibility index (Phi) is 1.71. The lowest BCUT2D eigenvalue weighted by atomic mass is 10.1. The molecule has 4 nitrogen and oxygen atoms in total. The number of rotatable bonds is 1. The zero-order chi connectivity index (χ0) is 7.56. The second-order valence-electron chi connectivity index (χ2n) is 1.94. The van der Waals surface area contributed by atoms with Crippen LogP contribution in [0.15, 0.2) is 12.3 Å². The minimum Gasteiger partial charge on any atom is -0.486 e. The van der Waals surface area contributed by atoms with E-state index < -0.39 is 12.1 Å². The van der Waals surface area contributed by atoms with Gasteiger partial charge in [-0.15, -0.1) is 0 Å². The summed E-state index contributed by atoms with van der Waals surface area (Å²) in [4.78, 5) is 20.7. The van der Waals surface area contributed by atoms with Crippen LogP contribution in [0.2, 0.25) is 0 Å². The van der Waals surface area contributed by atoms with Crippen LogP contribution in [0.4, 0.5) is 0 Å². The van der Waals surface area contributed by atoms with Crippen LogP contribution in [-0.4, -0.2) is 23.0 Å². The smallest absolute Gasteiger partial charge is 0.345 e. The maximum absolute atomic E-state index is 10.5. The number of hydrogen-bond donors (Lipinski definition) is 1. The molecule has 1 N–H and O–H groups in total. The van der Waals surface area contributed by atoms with Crippen LogP contribution < -0.4 is 0 Å². The number of carboxylic acids is 1. The third-order valence-corrected chi connectivity index (χ3v) is 1.16. The van der Waals surface area contributed by atoms with E-state index in [1.54, 1.807) is 0 Å². The molecule has 1 aliphatic rings. The van der Waals surface area contributed by atoms with Crippen LogP contribution in [0.1, 0.15) is 6.42 Å². The van der Waals surface area contributed by atoms with Crippen molar-refractivity contribution in [3.63, 3.8) is 0 Å². The molecule has 10 heavy (non-hydrogen) atoms. The van der Waals surface area contributed by atoms with Crippen LogP contribution >= 0.6 is 0 Å². The molecule has 0 fully saturated rings. The topological polar surface area (TPSA) is 63.6 Å². The Morgan fingerprint density at radius 3 is 2.90 bits per heavy atom. The molecule has 0 spiro atoms. The average Bonchev–Trinajstić information content (AvgIpc) is 1.88. The minimum absolute atomic E-state index is 0.0637. The number of ketones is 1. The Morgan fingerprint density at radius 1 is 1.80 bits per heavy atom. The van der Waals surface area contributed by atoms with Gasteiger partial charge in [-0.25, -0.2) is 4.79 Å². The number of carboxylic acid groups (broad SMARTS) is 1. The van der Waals surface area contributed by atoms with Crippen molar-refractivity contribution in [3.8, 4) is 0 Å². The third kappa shape index (κ3) is 1.34. The molecule has 0 aromatic heterocycles. The Bertz CT molecular complexity index is 194. The van der Waals surface area contributed by atoms with Crippen molar-refractivity contribution in [1.29, 1.82) is 0 Å². The van der Waals surface area contributed by atoms with E-state index in [0.29, 0.717) is 0 Å². The zero-order valence-electron chi connectivity index (χ0n) is 5.11. The second kappa shape index (κ2) is 2.51. The van der Waals surface area contributed by atoms with E-state index in [2.05, 4.69) is 4.74 Å². The summed E-state index contributed by atoms with van der Waals surface area (Å²) in [7, 11) is 0. The molecule has 0 saturated heterocycles. The summed E-state index contributed by atoms with van der Waals surface area (Å²) in [6.45, 7) is 0. The summed E-state index contributed by atoms with van der Waals surface area (Å²) in [5.74, 6) is -1.31. The zero-order valence-corrected chi connectivity index (χ0v) is 5.11. The number of ether oxygens (including phenoxy) is 1. The average molecular weight is 142 g/mol. The summed E-state index contributed by atoms with van der Waals surface area (Å²) in [6, 6.07) is 0. The van der Waals surface area contributed by atoms with Crippen molar-refractivity contribution < 1.29 is 19.4 Å². The Labute approximate surface area is 57.1 Å². The summed E-state index contributed by atoms with van der Waals surface area (Å²) < 4.78 is 4.61. The SMILES string of the molecule is O=C1C=CO[C@H](C(=O)O)C1. The van der Waals surface area contributed by atoms with Gasteiger partial charge in [0.15, 0.2) is 5.78 Å². The highest BCUT2D eigenvalue weighted by molar-refractivity contribution is 5.93. The van der Waals surface area contributed by atoms with Gasteiger partial charge in [-0.05, 0) is 0 Å². The first-order valence-corrected chi connectivity index (χ1v) is 2.78. The number of allylic oxidation sites excluding steroid dienone is 1. The van der Waals surface area contributed by atoms with Gasteiger partial charge in [0.2, 0.25) is 6.10 Å². The maximum atomic E-state index is 10.5. The molecule has 1 aliphatic heterocycles. The normalized spacial score (nSPS) is 24.0. The predicted molar refractivity (Wildman–Crippen MR) is 31.3 cm³/mol. The number of aliphatic carboxylic acids is 1. The molecule has 1 heterocycles. The number of carbonyl (C=O) groups excluding carboxylic acids is 1. The summed E-state index contributed by atoms with van der Waals surface area (Å²) >= 11 is 0. The van der Waals surface area contributed by atoms with Crippen LogP contribution in [-0.2, 0) is 14.3 Å². The summed E-state index contributed by atoms with van der Waals surface area (Å²) in [5.41, 5.74) is 0. The minimum atomic E-state index is -1.10. The highest BCUT2D eigenvalue weighted by Gasteiger charge is 2.23. The fourth-order valence-corrected chi connectivity index (χ4v) is 0.654. The molecule has 0 radical (unpaired) electrons. The molecule has 0 aromatic carbocycles. The van der Waals surface area contributed by atoms with Gasteiger partial charge in [0, 0.05) is 6.08 Å². The van der Waals surface area contributed by atoms with E-state index in [4.69, 9.17) is 5.11 Å². The molecule has 1 atom stereocenters. The third-order valence-electron chi connectivity index (χ3n) is 1.16. The molecule has 1 rings (SSSR count). The van der Waals surface area contributed by atoms with Crippen molar-refractivity contribution in [2.45, 2.75) is 12.5 Å². The van der Waals surface area contributed by atoms with E-state index in [0.717, 1.165) is 6.26 Å². The molecular formula is C6H6O4. The van der Waals surface area contributed by atoms with E-state index >= 15 is 0 Å². The van der Waals surface area contributed by atoms with Gasteiger partial charge >= 0.3 is 5.97 Å². The lowest BCUT2D eigenvalue weighted by Crippen LogP contribution is -2.27. The first-order chi connectivity index (χ1) is 4.70. The van der Waals surface area contributed by atoms with E-state index in [1.807, 2.05) is 0 Å². The number of carbonyl (C=O) groups is 2. The van der Waals surface area contributed by atoms with Gasteiger partial charge in [-0.2, -0.15) is 0 Å². The van der Waals surface area contributed by atoms with Crippen LogP contribution in [0, 0.1) is 0 Å². The molecule has 0 aromatic rings. The maximum Gasteiger partial charge on any atom is 0.345 e. The Hall–Kier alpha value is -1.32. The van der Waals surface area contributed by atoms with Crippen LogP contribution in [0.5, 0.6) is 0 Å². The van der Waals surface area contributed by atoms with E-state index in [-0.39, 0.29) is 12.2 Å². The first-order valence-electron chi connectivity index (χ1n) is 2.78. The highest BCUT2D eigenvalue weighted by atomic mass is 16.5. The van der Waals surface area contributed by atoms with Crippen LogP contribution in [0.3, 0.4) is 0 Å². The second-order valence-corrected chi connectivity index (χ2v) is 1.94. The van der Waals surface area contributed by atoms with Gasteiger partial charge in [0.05, 0.1) is 12.7 Å². The van der Waals surface area contributed by atoms with E-state index in [1.165, 1.54) is 6.08 Å². The fraction of sp³-hybridized carbons (Fsp3) is 0.333. The van der Waals surface area contributed by atoms with Crippen molar-refractivity contribution in [2.75, 3.05) is 0 Å². The Balaban J connectivity index is 2.60. The molecule has 0 saturated carbocycles. The van der Waals surface area contributed by atoms with Crippen molar-refractivity contribution in [3.05, 3.63) is 12.3 Å². The van der Waals surface area contributed by atoms with Gasteiger partial charge in [-0.1, -0.05) is 0 Å². The highest BCUT2D eigenvalue weighted by Crippen LogP contribution is 2.06. The lowest BCUT2D eigenvalue weighted by Gasteiger charge is -2.12. The molecule has 0 amide bonds. The molecule has 0 aliphatic carbocycles. The quantitative estimate of drug-likeness (QED) is 0.557. The van der Waals surface area contributed by atoms with Gasteiger partial charge < -0.3 is 9.84 Å². The van der Waals surface area contributed by atoms with Crippen molar-refractivity contribution >= 4 is 11.8 Å². The van der Waals surface area contributed by atoms with Crippen LogP contribution in [0.25, 0.3) is 0 Å². The van der Waals surface area contributed by atoms with Gasteiger partial charge in [0.25, 0.3) is 0 Å². The summed E-state index contributed by atoms with van der Waals surface area (Å²) in [5, 5.41) is 8.34. The van der Waals surface area contributed by atoms with Gasteiger partial charge in [-0.3, -0.25) is 4.79 Å².